The zero-order valence-electron chi connectivity index (χ0n) is 13.7. The fourth-order valence-electron chi connectivity index (χ4n) is 2.85. The molecule has 0 fully saturated rings. The Kier molecular flexibility index (Phi) is 3.94. The van der Waals surface area contributed by atoms with Crippen LogP contribution in [-0.4, -0.2) is 19.1 Å². The molecule has 128 valence electrons. The summed E-state index contributed by atoms with van der Waals surface area (Å²) in [5.74, 6) is -0.822. The molecule has 1 aromatic heterocycles. The number of nitriles is 1. The molecule has 4 rings (SSSR count). The van der Waals surface area contributed by atoms with E-state index in [0.29, 0.717) is 10.6 Å². The summed E-state index contributed by atoms with van der Waals surface area (Å²) >= 11 is 1.33. The van der Waals surface area contributed by atoms with Crippen molar-refractivity contribution < 1.29 is 8.42 Å². The summed E-state index contributed by atoms with van der Waals surface area (Å²) in [6, 6.07) is 16.7. The molecule has 2 aromatic carbocycles. The predicted molar refractivity (Wildman–Crippen MR) is 101 cm³/mol. The molecular weight excluding hydrogens is 366 g/mol. The molecule has 5 nitrogen and oxygen atoms in total. The third-order valence-electron chi connectivity index (χ3n) is 4.18. The molecule has 1 aliphatic rings. The third-order valence-corrected chi connectivity index (χ3v) is 6.44. The number of nitrogens with zero attached hydrogens (tertiary/aromatic N) is 3. The van der Waals surface area contributed by atoms with Crippen LogP contribution in [0.25, 0.3) is 11.3 Å². The van der Waals surface area contributed by atoms with Gasteiger partial charge in [-0.2, -0.15) is 18.1 Å². The maximum Gasteiger partial charge on any atom is 0.283 e. The van der Waals surface area contributed by atoms with Crippen LogP contribution in [0.15, 0.2) is 63.2 Å². The molecule has 0 bridgehead atoms. The van der Waals surface area contributed by atoms with Gasteiger partial charge >= 0.3 is 0 Å². The van der Waals surface area contributed by atoms with E-state index in [2.05, 4.69) is 15.5 Å². The zero-order chi connectivity index (χ0) is 18.3. The minimum atomic E-state index is -3.75. The van der Waals surface area contributed by atoms with E-state index >= 15 is 0 Å². The quantitative estimate of drug-likeness (QED) is 0.690. The first-order valence-corrected chi connectivity index (χ1v) is 10.2. The SMILES string of the molecule is Cc1ccc(-c2csc([C@@H](C#N)C3=NS(=O)(=O)c4ccccc43)n2)cc1. The monoisotopic (exact) mass is 379 g/mol. The first-order chi connectivity index (χ1) is 12.5. The molecule has 7 heteroatoms. The van der Waals surface area contributed by atoms with E-state index < -0.39 is 15.9 Å². The van der Waals surface area contributed by atoms with Gasteiger partial charge in [-0.05, 0) is 13.0 Å². The molecule has 0 spiro atoms. The van der Waals surface area contributed by atoms with Gasteiger partial charge in [0.15, 0.2) is 0 Å². The number of aryl methyl sites for hydroxylation is 1. The molecule has 2 heterocycles. The van der Waals surface area contributed by atoms with Gasteiger partial charge in [0.05, 0.1) is 22.4 Å². The molecule has 0 saturated heterocycles. The molecule has 0 unspecified atom stereocenters. The van der Waals surface area contributed by atoms with Crippen LogP contribution in [0.5, 0.6) is 0 Å². The second kappa shape index (κ2) is 6.16. The number of hydrogen-bond acceptors (Lipinski definition) is 5. The lowest BCUT2D eigenvalue weighted by Gasteiger charge is -2.06. The topological polar surface area (TPSA) is 83.2 Å². The van der Waals surface area contributed by atoms with Crippen LogP contribution in [0, 0.1) is 18.3 Å². The largest absolute Gasteiger partial charge is 0.283 e. The minimum absolute atomic E-state index is 0.144. The Bertz CT molecular complexity index is 1170. The Morgan fingerprint density at radius 3 is 2.58 bits per heavy atom. The summed E-state index contributed by atoms with van der Waals surface area (Å²) in [7, 11) is -3.75. The highest BCUT2D eigenvalue weighted by atomic mass is 32.2. The maximum absolute atomic E-state index is 12.3. The van der Waals surface area contributed by atoms with Crippen molar-refractivity contribution in [3.8, 4) is 17.3 Å². The van der Waals surface area contributed by atoms with Gasteiger partial charge in [-0.1, -0.05) is 48.0 Å². The summed E-state index contributed by atoms with van der Waals surface area (Å²) in [5, 5.41) is 12.1. The van der Waals surface area contributed by atoms with Crippen molar-refractivity contribution in [2.75, 3.05) is 0 Å². The van der Waals surface area contributed by atoms with Crippen LogP contribution in [0.3, 0.4) is 0 Å². The maximum atomic E-state index is 12.3. The molecule has 0 N–H and O–H groups in total. The standard InChI is InChI=1S/C19H13N3O2S2/c1-12-6-8-13(9-7-12)16-11-25-19(21-16)15(10-20)18-14-4-2-3-5-17(14)26(23,24)22-18/h2-9,11,15H,1H3/t15-/m0/s1. The van der Waals surface area contributed by atoms with E-state index in [-0.39, 0.29) is 10.6 Å². The fraction of sp³-hybridized carbons (Fsp3) is 0.105. The molecule has 0 amide bonds. The number of fused-ring (bicyclic) bond motifs is 1. The van der Waals surface area contributed by atoms with Crippen molar-refractivity contribution in [1.29, 1.82) is 5.26 Å². The predicted octanol–water partition coefficient (Wildman–Crippen LogP) is 3.92. The second-order valence-corrected chi connectivity index (χ2v) is 8.41. The Morgan fingerprint density at radius 1 is 1.12 bits per heavy atom. The molecule has 1 aliphatic heterocycles. The summed E-state index contributed by atoms with van der Waals surface area (Å²) in [5.41, 5.74) is 3.59. The van der Waals surface area contributed by atoms with Crippen molar-refractivity contribution in [1.82, 2.24) is 4.98 Å². The number of rotatable bonds is 3. The van der Waals surface area contributed by atoms with Crippen LogP contribution in [-0.2, 0) is 10.0 Å². The number of thiazole rings is 1. The smallest absolute Gasteiger partial charge is 0.239 e. The molecule has 1 atom stereocenters. The van der Waals surface area contributed by atoms with E-state index in [0.717, 1.165) is 16.8 Å². The van der Waals surface area contributed by atoms with Crippen molar-refractivity contribution in [2.45, 2.75) is 17.7 Å². The van der Waals surface area contributed by atoms with Crippen LogP contribution < -0.4 is 0 Å². The Balaban J connectivity index is 1.76. The van der Waals surface area contributed by atoms with Gasteiger partial charge in [0, 0.05) is 16.5 Å². The van der Waals surface area contributed by atoms with E-state index in [1.165, 1.54) is 17.4 Å². The van der Waals surface area contributed by atoms with Gasteiger partial charge in [0.25, 0.3) is 10.0 Å². The first kappa shape index (κ1) is 16.6. The van der Waals surface area contributed by atoms with E-state index in [9.17, 15) is 13.7 Å². The van der Waals surface area contributed by atoms with Crippen LogP contribution >= 0.6 is 11.3 Å². The van der Waals surface area contributed by atoms with Crippen molar-refractivity contribution in [2.24, 2.45) is 4.40 Å². The van der Waals surface area contributed by atoms with E-state index in [1.54, 1.807) is 18.2 Å². The highest BCUT2D eigenvalue weighted by Crippen LogP contribution is 2.35. The molecule has 3 aromatic rings. The Hall–Kier alpha value is -2.82. The lowest BCUT2D eigenvalue weighted by atomic mass is 9.98. The summed E-state index contributed by atoms with van der Waals surface area (Å²) in [4.78, 5) is 4.71. The molecule has 0 aliphatic carbocycles. The second-order valence-electron chi connectivity index (χ2n) is 5.95. The van der Waals surface area contributed by atoms with Crippen LogP contribution in [0.1, 0.15) is 22.1 Å². The summed E-state index contributed by atoms with van der Waals surface area (Å²) < 4.78 is 28.4. The number of aromatic nitrogens is 1. The lowest BCUT2D eigenvalue weighted by molar-refractivity contribution is 0.599. The van der Waals surface area contributed by atoms with Crippen molar-refractivity contribution in [3.05, 3.63) is 70.0 Å². The molecule has 0 saturated carbocycles. The van der Waals surface area contributed by atoms with Crippen LogP contribution in [0.2, 0.25) is 0 Å². The van der Waals surface area contributed by atoms with Crippen molar-refractivity contribution >= 4 is 27.1 Å². The van der Waals surface area contributed by atoms with Gasteiger partial charge in [-0.15, -0.1) is 11.3 Å². The van der Waals surface area contributed by atoms with E-state index in [4.69, 9.17) is 0 Å². The molecule has 26 heavy (non-hydrogen) atoms. The van der Waals surface area contributed by atoms with E-state index in [1.807, 2.05) is 36.6 Å². The number of benzene rings is 2. The van der Waals surface area contributed by atoms with Gasteiger partial charge in [-0.25, -0.2) is 4.98 Å². The highest BCUT2D eigenvalue weighted by molar-refractivity contribution is 7.90. The van der Waals surface area contributed by atoms with Gasteiger partial charge in [0.2, 0.25) is 0 Å². The van der Waals surface area contributed by atoms with Gasteiger partial charge < -0.3 is 0 Å². The average molecular weight is 379 g/mol. The number of hydrogen-bond donors (Lipinski definition) is 0. The normalized spacial score (nSPS) is 15.8. The third kappa shape index (κ3) is 2.73. The Labute approximate surface area is 155 Å². The molecule has 0 radical (unpaired) electrons. The van der Waals surface area contributed by atoms with Crippen LogP contribution in [0.4, 0.5) is 0 Å². The van der Waals surface area contributed by atoms with Gasteiger partial charge in [0.1, 0.15) is 10.9 Å². The minimum Gasteiger partial charge on any atom is -0.239 e. The lowest BCUT2D eigenvalue weighted by Crippen LogP contribution is -2.10. The molecular formula is C19H13N3O2S2. The average Bonchev–Trinajstić information content (AvgIpc) is 3.21. The fourth-order valence-corrected chi connectivity index (χ4v) is 4.98. The Morgan fingerprint density at radius 2 is 1.85 bits per heavy atom. The summed E-state index contributed by atoms with van der Waals surface area (Å²) in [6.07, 6.45) is 0. The first-order valence-electron chi connectivity index (χ1n) is 7.86. The highest BCUT2D eigenvalue weighted by Gasteiger charge is 2.34. The van der Waals surface area contributed by atoms with Crippen molar-refractivity contribution in [3.63, 3.8) is 0 Å². The van der Waals surface area contributed by atoms with Gasteiger partial charge in [-0.3, -0.25) is 0 Å². The zero-order valence-corrected chi connectivity index (χ0v) is 15.4. The number of sulfonamides is 1. The summed E-state index contributed by atoms with van der Waals surface area (Å²) in [6.45, 7) is 2.01.